The third-order valence-electron chi connectivity index (χ3n) is 5.27. The standard InChI is InChI=1S/C25H27ClN2O5S/c1-18(21-11-7-8-12-23(21)32-2)27-25(29)17-28(16-19-9-5-4-6-10-19)34(30,31)20-13-14-24(33-3)22(26)15-20/h4-15,18H,16-17H2,1-3H3,(H,27,29)/t18-/m0/s1. The molecule has 0 aromatic heterocycles. The van der Waals surface area contributed by atoms with Gasteiger partial charge in [0, 0.05) is 12.1 Å². The van der Waals surface area contributed by atoms with Crippen LogP contribution in [0.3, 0.4) is 0 Å². The summed E-state index contributed by atoms with van der Waals surface area (Å²) in [6.07, 6.45) is 0. The van der Waals surface area contributed by atoms with Gasteiger partial charge in [-0.2, -0.15) is 4.31 Å². The Kier molecular flexibility index (Phi) is 8.55. The van der Waals surface area contributed by atoms with Gasteiger partial charge in [0.05, 0.1) is 36.7 Å². The number of nitrogens with one attached hydrogen (secondary N) is 1. The van der Waals surface area contributed by atoms with Gasteiger partial charge in [0.2, 0.25) is 15.9 Å². The van der Waals surface area contributed by atoms with E-state index >= 15 is 0 Å². The van der Waals surface area contributed by atoms with Crippen LogP contribution in [0.4, 0.5) is 0 Å². The summed E-state index contributed by atoms with van der Waals surface area (Å²) in [5.41, 5.74) is 1.54. The lowest BCUT2D eigenvalue weighted by Gasteiger charge is -2.24. The molecule has 1 amide bonds. The normalized spacial score (nSPS) is 12.3. The van der Waals surface area contributed by atoms with E-state index < -0.39 is 15.9 Å². The highest BCUT2D eigenvalue weighted by atomic mass is 35.5. The van der Waals surface area contributed by atoms with Gasteiger partial charge >= 0.3 is 0 Å². The van der Waals surface area contributed by atoms with Gasteiger partial charge in [-0.3, -0.25) is 4.79 Å². The number of ether oxygens (including phenoxy) is 2. The van der Waals surface area contributed by atoms with E-state index in [1.54, 1.807) is 25.3 Å². The van der Waals surface area contributed by atoms with Crippen molar-refractivity contribution >= 4 is 27.5 Å². The first-order chi connectivity index (χ1) is 16.3. The summed E-state index contributed by atoms with van der Waals surface area (Å²) in [6.45, 7) is 1.46. The Labute approximate surface area is 205 Å². The number of hydrogen-bond donors (Lipinski definition) is 1. The Morgan fingerprint density at radius 2 is 1.62 bits per heavy atom. The summed E-state index contributed by atoms with van der Waals surface area (Å²) in [6, 6.07) is 20.2. The lowest BCUT2D eigenvalue weighted by Crippen LogP contribution is -2.41. The van der Waals surface area contributed by atoms with Crippen LogP contribution in [-0.4, -0.2) is 39.4 Å². The number of para-hydroxylation sites is 1. The highest BCUT2D eigenvalue weighted by Gasteiger charge is 2.28. The lowest BCUT2D eigenvalue weighted by molar-refractivity contribution is -0.122. The molecule has 34 heavy (non-hydrogen) atoms. The van der Waals surface area contributed by atoms with Crippen molar-refractivity contribution in [2.24, 2.45) is 0 Å². The number of hydrogen-bond acceptors (Lipinski definition) is 5. The molecule has 0 heterocycles. The van der Waals surface area contributed by atoms with Crippen molar-refractivity contribution in [2.75, 3.05) is 20.8 Å². The molecule has 1 atom stereocenters. The number of sulfonamides is 1. The molecule has 3 aromatic carbocycles. The summed E-state index contributed by atoms with van der Waals surface area (Å²) in [4.78, 5) is 12.9. The van der Waals surface area contributed by atoms with Crippen molar-refractivity contribution in [1.29, 1.82) is 0 Å². The van der Waals surface area contributed by atoms with E-state index in [4.69, 9.17) is 21.1 Å². The minimum atomic E-state index is -4.05. The van der Waals surface area contributed by atoms with Gasteiger partial charge in [-0.25, -0.2) is 8.42 Å². The van der Waals surface area contributed by atoms with Crippen LogP contribution >= 0.6 is 11.6 Å². The van der Waals surface area contributed by atoms with Gasteiger partial charge in [-0.1, -0.05) is 60.1 Å². The van der Waals surface area contributed by atoms with Crippen molar-refractivity contribution in [3.63, 3.8) is 0 Å². The topological polar surface area (TPSA) is 84.9 Å². The first kappa shape index (κ1) is 25.6. The molecule has 0 aliphatic rings. The summed E-state index contributed by atoms with van der Waals surface area (Å²) >= 11 is 6.17. The van der Waals surface area contributed by atoms with Gasteiger partial charge in [0.1, 0.15) is 11.5 Å². The molecule has 0 saturated carbocycles. The van der Waals surface area contributed by atoms with Crippen LogP contribution in [0.1, 0.15) is 24.1 Å². The molecule has 9 heteroatoms. The molecular formula is C25H27ClN2O5S. The third kappa shape index (κ3) is 6.08. The maximum atomic E-state index is 13.5. The molecule has 0 saturated heterocycles. The zero-order valence-corrected chi connectivity index (χ0v) is 20.8. The maximum Gasteiger partial charge on any atom is 0.243 e. The number of carbonyl (C=O) groups is 1. The summed E-state index contributed by atoms with van der Waals surface area (Å²) in [7, 11) is -1.04. The minimum absolute atomic E-state index is 0.0171. The predicted molar refractivity (Wildman–Crippen MR) is 132 cm³/mol. The second kappa shape index (κ2) is 11.4. The molecule has 180 valence electrons. The van der Waals surface area contributed by atoms with Crippen molar-refractivity contribution in [3.8, 4) is 11.5 Å². The molecule has 1 N–H and O–H groups in total. The van der Waals surface area contributed by atoms with E-state index in [0.717, 1.165) is 15.4 Å². The molecular weight excluding hydrogens is 476 g/mol. The number of amides is 1. The van der Waals surface area contributed by atoms with Gasteiger partial charge in [-0.05, 0) is 36.8 Å². The van der Waals surface area contributed by atoms with E-state index in [2.05, 4.69) is 5.32 Å². The van der Waals surface area contributed by atoms with Crippen LogP contribution < -0.4 is 14.8 Å². The van der Waals surface area contributed by atoms with E-state index in [1.807, 2.05) is 43.3 Å². The lowest BCUT2D eigenvalue weighted by atomic mass is 10.1. The minimum Gasteiger partial charge on any atom is -0.496 e. The summed E-state index contributed by atoms with van der Waals surface area (Å²) < 4.78 is 38.6. The van der Waals surface area contributed by atoms with Gasteiger partial charge in [0.15, 0.2) is 0 Å². The molecule has 3 rings (SSSR count). The van der Waals surface area contributed by atoms with Crippen LogP contribution in [-0.2, 0) is 21.4 Å². The van der Waals surface area contributed by atoms with Crippen molar-refractivity contribution < 1.29 is 22.7 Å². The van der Waals surface area contributed by atoms with Gasteiger partial charge in [-0.15, -0.1) is 0 Å². The second-order valence-electron chi connectivity index (χ2n) is 7.59. The SMILES string of the molecule is COc1ccc(S(=O)(=O)N(CC(=O)N[C@@H](C)c2ccccc2OC)Cc2ccccc2)cc1Cl. The average molecular weight is 503 g/mol. The van der Waals surface area contributed by atoms with Crippen LogP contribution in [0.15, 0.2) is 77.7 Å². The van der Waals surface area contributed by atoms with Crippen LogP contribution in [0, 0.1) is 0 Å². The molecule has 0 fully saturated rings. The summed E-state index contributed by atoms with van der Waals surface area (Å²) in [5.74, 6) is 0.549. The Hall–Kier alpha value is -3.07. The van der Waals surface area contributed by atoms with Crippen LogP contribution in [0.5, 0.6) is 11.5 Å². The Bertz CT molecular complexity index is 1240. The van der Waals surface area contributed by atoms with Crippen LogP contribution in [0.25, 0.3) is 0 Å². The number of carbonyl (C=O) groups excluding carboxylic acids is 1. The fraction of sp³-hybridized carbons (Fsp3) is 0.240. The molecule has 7 nitrogen and oxygen atoms in total. The quantitative estimate of drug-likeness (QED) is 0.443. The molecule has 3 aromatic rings. The Morgan fingerprint density at radius 3 is 2.26 bits per heavy atom. The van der Waals surface area contributed by atoms with Crippen molar-refractivity contribution in [2.45, 2.75) is 24.4 Å². The fourth-order valence-electron chi connectivity index (χ4n) is 3.52. The maximum absolute atomic E-state index is 13.5. The van der Waals surface area contributed by atoms with E-state index in [1.165, 1.54) is 25.3 Å². The highest BCUT2D eigenvalue weighted by Crippen LogP contribution is 2.29. The second-order valence-corrected chi connectivity index (χ2v) is 9.93. The monoisotopic (exact) mass is 502 g/mol. The predicted octanol–water partition coefficient (Wildman–Crippen LogP) is 4.43. The Morgan fingerprint density at radius 1 is 0.971 bits per heavy atom. The molecule has 0 spiro atoms. The number of methoxy groups -OCH3 is 2. The molecule has 0 aliphatic heterocycles. The highest BCUT2D eigenvalue weighted by molar-refractivity contribution is 7.89. The van der Waals surface area contributed by atoms with E-state index in [9.17, 15) is 13.2 Å². The fourth-order valence-corrected chi connectivity index (χ4v) is 5.25. The molecule has 0 unspecified atom stereocenters. The smallest absolute Gasteiger partial charge is 0.243 e. The number of halogens is 1. The molecule has 0 aliphatic carbocycles. The average Bonchev–Trinajstić information content (AvgIpc) is 2.84. The van der Waals surface area contributed by atoms with E-state index in [0.29, 0.717) is 11.5 Å². The van der Waals surface area contributed by atoms with Crippen LogP contribution in [0.2, 0.25) is 5.02 Å². The van der Waals surface area contributed by atoms with Crippen molar-refractivity contribution in [1.82, 2.24) is 9.62 Å². The first-order valence-corrected chi connectivity index (χ1v) is 12.4. The number of nitrogens with zero attached hydrogens (tertiary/aromatic N) is 1. The van der Waals surface area contributed by atoms with Gasteiger partial charge in [0.25, 0.3) is 0 Å². The zero-order chi connectivity index (χ0) is 24.7. The summed E-state index contributed by atoms with van der Waals surface area (Å²) in [5, 5.41) is 3.03. The molecule has 0 bridgehead atoms. The van der Waals surface area contributed by atoms with E-state index in [-0.39, 0.29) is 29.0 Å². The first-order valence-electron chi connectivity index (χ1n) is 10.6. The van der Waals surface area contributed by atoms with Crippen molar-refractivity contribution in [3.05, 3.63) is 88.9 Å². The Balaban J connectivity index is 1.87. The zero-order valence-electron chi connectivity index (χ0n) is 19.2. The number of rotatable bonds is 10. The largest absolute Gasteiger partial charge is 0.496 e. The number of benzene rings is 3. The third-order valence-corrected chi connectivity index (χ3v) is 7.35. The van der Waals surface area contributed by atoms with Gasteiger partial charge < -0.3 is 14.8 Å². The molecule has 0 radical (unpaired) electrons.